The highest BCUT2D eigenvalue weighted by atomic mass is 19.1. The van der Waals surface area contributed by atoms with Crippen molar-refractivity contribution in [2.45, 2.75) is 19.4 Å². The number of hydrogen-bond donors (Lipinski definition) is 1. The molecule has 22 heavy (non-hydrogen) atoms. The highest BCUT2D eigenvalue weighted by Gasteiger charge is 2.26. The van der Waals surface area contributed by atoms with Gasteiger partial charge in [0, 0.05) is 20.0 Å². The van der Waals surface area contributed by atoms with Gasteiger partial charge in [-0.05, 0) is 35.0 Å². The van der Waals surface area contributed by atoms with E-state index in [1.54, 1.807) is 26.1 Å². The van der Waals surface area contributed by atoms with E-state index < -0.39 is 6.04 Å². The number of aliphatic hydroxyl groups excluding tert-OH is 1. The maximum Gasteiger partial charge on any atom is 0.247 e. The highest BCUT2D eigenvalue weighted by Crippen LogP contribution is 2.17. The average Bonchev–Trinajstić information content (AvgIpc) is 2.92. The molecule has 8 heteroatoms. The molecular formula is C14H18FN5O2. The van der Waals surface area contributed by atoms with Crippen LogP contribution in [0.4, 0.5) is 4.39 Å². The fourth-order valence-electron chi connectivity index (χ4n) is 2.16. The van der Waals surface area contributed by atoms with Gasteiger partial charge in [0.25, 0.3) is 0 Å². The molecule has 1 aromatic carbocycles. The fraction of sp³-hybridized carbons (Fsp3) is 0.429. The molecule has 0 spiro atoms. The molecule has 118 valence electrons. The van der Waals surface area contributed by atoms with Gasteiger partial charge in [-0.1, -0.05) is 12.1 Å². The molecule has 2 rings (SSSR count). The van der Waals surface area contributed by atoms with Gasteiger partial charge < -0.3 is 10.0 Å². The van der Waals surface area contributed by atoms with E-state index in [4.69, 9.17) is 5.11 Å². The van der Waals surface area contributed by atoms with Crippen LogP contribution in [0.3, 0.4) is 0 Å². The second-order valence-electron chi connectivity index (χ2n) is 5.00. The molecule has 1 N–H and O–H groups in total. The number of carbonyl (C=O) groups is 1. The van der Waals surface area contributed by atoms with Crippen LogP contribution in [0.5, 0.6) is 0 Å². The van der Waals surface area contributed by atoms with Crippen LogP contribution in [-0.2, 0) is 11.2 Å². The zero-order valence-electron chi connectivity index (χ0n) is 12.5. The number of aryl methyl sites for hydroxylation is 1. The molecule has 0 saturated carbocycles. The molecule has 0 aliphatic rings. The van der Waals surface area contributed by atoms with Crippen molar-refractivity contribution in [2.75, 3.05) is 20.2 Å². The third kappa shape index (κ3) is 3.64. The molecule has 0 radical (unpaired) electrons. The summed E-state index contributed by atoms with van der Waals surface area (Å²) < 4.78 is 14.5. The quantitative estimate of drug-likeness (QED) is 0.833. The van der Waals surface area contributed by atoms with Crippen LogP contribution in [0.25, 0.3) is 0 Å². The van der Waals surface area contributed by atoms with Crippen LogP contribution in [0, 0.1) is 12.7 Å². The minimum atomic E-state index is -0.642. The lowest BCUT2D eigenvalue weighted by Gasteiger charge is -2.23. The summed E-state index contributed by atoms with van der Waals surface area (Å²) in [7, 11) is 1.61. The zero-order valence-corrected chi connectivity index (χ0v) is 12.5. The van der Waals surface area contributed by atoms with Crippen molar-refractivity contribution >= 4 is 5.91 Å². The largest absolute Gasteiger partial charge is 0.395 e. The topological polar surface area (TPSA) is 84.1 Å². The second-order valence-corrected chi connectivity index (χ2v) is 5.00. The van der Waals surface area contributed by atoms with Crippen LogP contribution in [0.15, 0.2) is 24.3 Å². The lowest BCUT2D eigenvalue weighted by atomic mass is 10.0. The predicted octanol–water partition coefficient (Wildman–Crippen LogP) is 0.355. The normalized spacial score (nSPS) is 12.2. The summed E-state index contributed by atoms with van der Waals surface area (Å²) in [6.45, 7) is 1.80. The van der Waals surface area contributed by atoms with Crippen molar-refractivity contribution in [1.82, 2.24) is 25.1 Å². The van der Waals surface area contributed by atoms with E-state index in [2.05, 4.69) is 15.5 Å². The molecule has 7 nitrogen and oxygen atoms in total. The van der Waals surface area contributed by atoms with Crippen molar-refractivity contribution < 1.29 is 14.3 Å². The Morgan fingerprint density at radius 1 is 1.41 bits per heavy atom. The molecule has 1 amide bonds. The molecule has 0 aliphatic heterocycles. The number of carbonyl (C=O) groups excluding carboxylic acids is 1. The van der Waals surface area contributed by atoms with Gasteiger partial charge in [-0.15, -0.1) is 5.10 Å². The van der Waals surface area contributed by atoms with Gasteiger partial charge in [-0.25, -0.2) is 9.07 Å². The molecule has 0 saturated heterocycles. The van der Waals surface area contributed by atoms with E-state index >= 15 is 0 Å². The number of nitrogens with zero attached hydrogens (tertiary/aromatic N) is 5. The summed E-state index contributed by atoms with van der Waals surface area (Å²) in [5, 5.41) is 20.2. The van der Waals surface area contributed by atoms with Crippen molar-refractivity contribution in [3.05, 3.63) is 41.5 Å². The van der Waals surface area contributed by atoms with Crippen molar-refractivity contribution in [3.63, 3.8) is 0 Å². The molecule has 1 heterocycles. The Labute approximate surface area is 127 Å². The summed E-state index contributed by atoms with van der Waals surface area (Å²) in [5.74, 6) is -0.0331. The van der Waals surface area contributed by atoms with E-state index in [1.807, 2.05) is 0 Å². The van der Waals surface area contributed by atoms with Crippen molar-refractivity contribution in [1.29, 1.82) is 0 Å². The third-order valence-corrected chi connectivity index (χ3v) is 3.39. The standard InChI is InChI=1S/C14H18FN5O2/c1-10-16-17-18-20(10)13(14(22)19(2)7-8-21)9-11-3-5-12(15)6-4-11/h3-6,13,21H,7-9H2,1-2H3. The van der Waals surface area contributed by atoms with Gasteiger partial charge >= 0.3 is 0 Å². The second kappa shape index (κ2) is 7.08. The zero-order chi connectivity index (χ0) is 16.1. The number of rotatable bonds is 6. The molecule has 0 fully saturated rings. The van der Waals surface area contributed by atoms with Gasteiger partial charge in [0.05, 0.1) is 6.61 Å². The van der Waals surface area contributed by atoms with Gasteiger partial charge in [0.15, 0.2) is 0 Å². The number of tetrazole rings is 1. The molecule has 1 aromatic heterocycles. The Morgan fingerprint density at radius 2 is 2.09 bits per heavy atom. The summed E-state index contributed by atoms with van der Waals surface area (Å²) in [6.07, 6.45) is 0.334. The van der Waals surface area contributed by atoms with E-state index in [9.17, 15) is 9.18 Å². The molecule has 0 aliphatic carbocycles. The van der Waals surface area contributed by atoms with Crippen molar-refractivity contribution in [2.24, 2.45) is 0 Å². The summed E-state index contributed by atoms with van der Waals surface area (Å²) in [4.78, 5) is 14.0. The Bertz CT molecular complexity index is 628. The van der Waals surface area contributed by atoms with Gasteiger partial charge in [-0.2, -0.15) is 0 Å². The first kappa shape index (κ1) is 16.0. The number of amides is 1. The molecule has 2 aromatic rings. The number of benzene rings is 1. The Kier molecular flexibility index (Phi) is 5.16. The molecular weight excluding hydrogens is 289 g/mol. The van der Waals surface area contributed by atoms with Gasteiger partial charge in [0.1, 0.15) is 17.7 Å². The lowest BCUT2D eigenvalue weighted by molar-refractivity contribution is -0.134. The first-order chi connectivity index (χ1) is 10.5. The minimum Gasteiger partial charge on any atom is -0.395 e. The number of halogens is 1. The predicted molar refractivity (Wildman–Crippen MR) is 76.4 cm³/mol. The fourth-order valence-corrected chi connectivity index (χ4v) is 2.16. The maximum atomic E-state index is 13.0. The number of hydrogen-bond acceptors (Lipinski definition) is 5. The maximum absolute atomic E-state index is 13.0. The summed E-state index contributed by atoms with van der Waals surface area (Å²) >= 11 is 0. The van der Waals surface area contributed by atoms with E-state index in [0.29, 0.717) is 12.2 Å². The molecule has 0 bridgehead atoms. The van der Waals surface area contributed by atoms with Gasteiger partial charge in [-0.3, -0.25) is 4.79 Å². The first-order valence-corrected chi connectivity index (χ1v) is 6.87. The number of aromatic nitrogens is 4. The summed E-state index contributed by atoms with van der Waals surface area (Å²) in [6, 6.07) is 5.31. The van der Waals surface area contributed by atoms with E-state index in [-0.39, 0.29) is 24.9 Å². The first-order valence-electron chi connectivity index (χ1n) is 6.87. The van der Waals surface area contributed by atoms with Crippen LogP contribution in [0.1, 0.15) is 17.4 Å². The van der Waals surface area contributed by atoms with Crippen LogP contribution < -0.4 is 0 Å². The number of likely N-dealkylation sites (N-methyl/N-ethyl adjacent to an activating group) is 1. The Balaban J connectivity index is 2.27. The monoisotopic (exact) mass is 307 g/mol. The molecule has 1 unspecified atom stereocenters. The average molecular weight is 307 g/mol. The van der Waals surface area contributed by atoms with Crippen LogP contribution in [-0.4, -0.2) is 56.3 Å². The molecule has 1 atom stereocenters. The highest BCUT2D eigenvalue weighted by molar-refractivity contribution is 5.80. The Hall–Kier alpha value is -2.35. The smallest absolute Gasteiger partial charge is 0.247 e. The lowest BCUT2D eigenvalue weighted by Crippen LogP contribution is -2.38. The van der Waals surface area contributed by atoms with Crippen molar-refractivity contribution in [3.8, 4) is 0 Å². The summed E-state index contributed by atoms with van der Waals surface area (Å²) in [5.41, 5.74) is 0.798. The SMILES string of the molecule is Cc1nnnn1C(Cc1ccc(F)cc1)C(=O)N(C)CCO. The van der Waals surface area contributed by atoms with E-state index in [1.165, 1.54) is 21.7 Å². The van der Waals surface area contributed by atoms with E-state index in [0.717, 1.165) is 5.56 Å². The third-order valence-electron chi connectivity index (χ3n) is 3.39. The van der Waals surface area contributed by atoms with Gasteiger partial charge in [0.2, 0.25) is 5.91 Å². The Morgan fingerprint density at radius 3 is 2.64 bits per heavy atom. The van der Waals surface area contributed by atoms with Crippen LogP contribution in [0.2, 0.25) is 0 Å². The van der Waals surface area contributed by atoms with Crippen LogP contribution >= 0.6 is 0 Å². The minimum absolute atomic E-state index is 0.125. The number of aliphatic hydroxyl groups is 1.